The van der Waals surface area contributed by atoms with E-state index in [0.717, 1.165) is 0 Å². The molecule has 0 bridgehead atoms. The van der Waals surface area contributed by atoms with Crippen molar-refractivity contribution in [2.45, 2.75) is 70.9 Å². The van der Waals surface area contributed by atoms with Gasteiger partial charge in [0.05, 0.1) is 24.9 Å². The molecule has 29 heavy (non-hydrogen) atoms. The first kappa shape index (κ1) is 23.5. The monoisotopic (exact) mass is 406 g/mol. The topological polar surface area (TPSA) is 63.2 Å². The Kier molecular flexibility index (Phi) is 7.28. The molecule has 0 spiro atoms. The van der Waals surface area contributed by atoms with E-state index in [1.807, 2.05) is 13.8 Å². The van der Waals surface area contributed by atoms with E-state index < -0.39 is 30.1 Å². The van der Waals surface area contributed by atoms with Gasteiger partial charge in [0.25, 0.3) is 0 Å². The lowest BCUT2D eigenvalue weighted by Crippen LogP contribution is -2.48. The molecule has 0 aromatic heterocycles. The quantitative estimate of drug-likeness (QED) is 0.330. The SMILES string of the molecule is C=CCOC1C(=C)C(OC(C)(C)C2OC(=O)C(=C)C2OCC=C)OC1C(C)(C)C. The zero-order valence-electron chi connectivity index (χ0n) is 18.2. The van der Waals surface area contributed by atoms with Crippen LogP contribution in [0.25, 0.3) is 0 Å². The van der Waals surface area contributed by atoms with Crippen molar-refractivity contribution < 1.29 is 28.5 Å². The second kappa shape index (κ2) is 8.96. The highest BCUT2D eigenvalue weighted by Gasteiger charge is 2.53. The maximum Gasteiger partial charge on any atom is 0.336 e. The zero-order chi connectivity index (χ0) is 22.0. The molecular formula is C23H34O6. The predicted octanol–water partition coefficient (Wildman–Crippen LogP) is 3.73. The molecule has 2 heterocycles. The second-order valence-corrected chi connectivity index (χ2v) is 8.99. The Hall–Kier alpha value is -1.73. The molecule has 0 saturated carbocycles. The minimum atomic E-state index is -0.926. The molecule has 2 fully saturated rings. The molecule has 5 atom stereocenters. The van der Waals surface area contributed by atoms with Crippen LogP contribution in [0.1, 0.15) is 34.6 Å². The number of carbonyl (C=O) groups excluding carboxylic acids is 1. The molecule has 5 unspecified atom stereocenters. The predicted molar refractivity (Wildman–Crippen MR) is 111 cm³/mol. The molecular weight excluding hydrogens is 372 g/mol. The van der Waals surface area contributed by atoms with Crippen molar-refractivity contribution in [3.8, 4) is 0 Å². The summed E-state index contributed by atoms with van der Waals surface area (Å²) in [7, 11) is 0. The lowest BCUT2D eigenvalue weighted by atomic mass is 9.85. The van der Waals surface area contributed by atoms with Gasteiger partial charge < -0.3 is 23.7 Å². The van der Waals surface area contributed by atoms with Gasteiger partial charge in [-0.2, -0.15) is 0 Å². The molecule has 2 rings (SSSR count). The molecule has 0 amide bonds. The molecule has 6 nitrogen and oxygen atoms in total. The first-order valence-corrected chi connectivity index (χ1v) is 9.80. The van der Waals surface area contributed by atoms with E-state index >= 15 is 0 Å². The standard InChI is InChI=1S/C23H34O6/c1-10-12-25-16-14(3)20(24)27-19(16)23(8,9)29-21-15(4)17(26-13-11-2)18(28-21)22(5,6)7/h10-11,16-19,21H,1-4,12-13H2,5-9H3. The summed E-state index contributed by atoms with van der Waals surface area (Å²) >= 11 is 0. The molecule has 2 aliphatic rings. The van der Waals surface area contributed by atoms with Crippen molar-refractivity contribution in [2.75, 3.05) is 13.2 Å². The van der Waals surface area contributed by atoms with Crippen molar-refractivity contribution in [3.63, 3.8) is 0 Å². The van der Waals surface area contributed by atoms with Gasteiger partial charge in [-0.15, -0.1) is 13.2 Å². The molecule has 2 saturated heterocycles. The lowest BCUT2D eigenvalue weighted by molar-refractivity contribution is -0.231. The average Bonchev–Trinajstić information content (AvgIpc) is 3.09. The van der Waals surface area contributed by atoms with Crippen LogP contribution in [0.2, 0.25) is 0 Å². The summed E-state index contributed by atoms with van der Waals surface area (Å²) < 4.78 is 29.7. The molecule has 0 N–H and O–H groups in total. The molecule has 6 heteroatoms. The van der Waals surface area contributed by atoms with Gasteiger partial charge in [0.1, 0.15) is 17.8 Å². The van der Waals surface area contributed by atoms with Crippen LogP contribution in [0, 0.1) is 5.41 Å². The fraction of sp³-hybridized carbons (Fsp3) is 0.609. The Labute approximate surface area is 174 Å². The zero-order valence-corrected chi connectivity index (χ0v) is 18.2. The number of cyclic esters (lactones) is 1. The molecule has 0 radical (unpaired) electrons. The van der Waals surface area contributed by atoms with Gasteiger partial charge in [0, 0.05) is 5.57 Å². The van der Waals surface area contributed by atoms with E-state index in [4.69, 9.17) is 23.7 Å². The summed E-state index contributed by atoms with van der Waals surface area (Å²) in [6.07, 6.45) is 0.703. The molecule has 2 aliphatic heterocycles. The fourth-order valence-electron chi connectivity index (χ4n) is 3.51. The fourth-order valence-corrected chi connectivity index (χ4v) is 3.51. The van der Waals surface area contributed by atoms with E-state index in [1.165, 1.54) is 0 Å². The summed E-state index contributed by atoms with van der Waals surface area (Å²) in [5, 5.41) is 0. The van der Waals surface area contributed by atoms with Crippen LogP contribution in [0.5, 0.6) is 0 Å². The highest BCUT2D eigenvalue weighted by Crippen LogP contribution is 2.41. The average molecular weight is 407 g/mol. The van der Waals surface area contributed by atoms with Gasteiger partial charge in [0.15, 0.2) is 12.4 Å². The van der Waals surface area contributed by atoms with Gasteiger partial charge in [-0.25, -0.2) is 4.79 Å². The normalized spacial score (nSPS) is 30.5. The van der Waals surface area contributed by atoms with Gasteiger partial charge in [-0.05, 0) is 19.3 Å². The Morgan fingerprint density at radius 3 is 2.03 bits per heavy atom. The van der Waals surface area contributed by atoms with Crippen molar-refractivity contribution in [2.24, 2.45) is 5.41 Å². The third-order valence-electron chi connectivity index (χ3n) is 5.06. The molecule has 162 valence electrons. The maximum absolute atomic E-state index is 12.1. The number of hydrogen-bond donors (Lipinski definition) is 0. The minimum Gasteiger partial charge on any atom is -0.453 e. The van der Waals surface area contributed by atoms with Crippen LogP contribution in [-0.2, 0) is 28.5 Å². The Balaban J connectivity index is 2.20. The van der Waals surface area contributed by atoms with Gasteiger partial charge >= 0.3 is 5.97 Å². The Morgan fingerprint density at radius 1 is 0.966 bits per heavy atom. The summed E-state index contributed by atoms with van der Waals surface area (Å²) in [6, 6.07) is 0. The number of carbonyl (C=O) groups is 1. The van der Waals surface area contributed by atoms with E-state index in [-0.39, 0.29) is 29.8 Å². The summed E-state index contributed by atoms with van der Waals surface area (Å²) in [6.45, 7) is 25.8. The first-order chi connectivity index (χ1) is 13.4. The van der Waals surface area contributed by atoms with Crippen molar-refractivity contribution in [1.82, 2.24) is 0 Å². The molecule has 0 aromatic rings. The van der Waals surface area contributed by atoms with Crippen LogP contribution in [0.3, 0.4) is 0 Å². The Bertz CT molecular complexity index is 671. The number of ether oxygens (including phenoxy) is 5. The number of hydrogen-bond acceptors (Lipinski definition) is 6. The van der Waals surface area contributed by atoms with Crippen LogP contribution >= 0.6 is 0 Å². The maximum atomic E-state index is 12.1. The molecule has 0 aliphatic carbocycles. The first-order valence-electron chi connectivity index (χ1n) is 9.80. The summed E-state index contributed by atoms with van der Waals surface area (Å²) in [5.74, 6) is -0.494. The summed E-state index contributed by atoms with van der Waals surface area (Å²) in [4.78, 5) is 12.1. The van der Waals surface area contributed by atoms with Crippen LogP contribution in [-0.4, -0.2) is 55.5 Å². The van der Waals surface area contributed by atoms with E-state index in [2.05, 4.69) is 47.1 Å². The third-order valence-corrected chi connectivity index (χ3v) is 5.06. The lowest BCUT2D eigenvalue weighted by Gasteiger charge is -2.36. The van der Waals surface area contributed by atoms with E-state index in [1.54, 1.807) is 12.2 Å². The van der Waals surface area contributed by atoms with Crippen LogP contribution in [0.15, 0.2) is 49.6 Å². The minimum absolute atomic E-state index is 0.194. The second-order valence-electron chi connectivity index (χ2n) is 8.99. The van der Waals surface area contributed by atoms with Crippen molar-refractivity contribution in [1.29, 1.82) is 0 Å². The molecule has 0 aromatic carbocycles. The van der Waals surface area contributed by atoms with Gasteiger partial charge in [0.2, 0.25) is 0 Å². The summed E-state index contributed by atoms with van der Waals surface area (Å²) in [5.41, 5.74) is -0.170. The smallest absolute Gasteiger partial charge is 0.336 e. The Morgan fingerprint density at radius 2 is 1.52 bits per heavy atom. The van der Waals surface area contributed by atoms with Gasteiger partial charge in [-0.1, -0.05) is 46.1 Å². The highest BCUT2D eigenvalue weighted by molar-refractivity contribution is 5.91. The largest absolute Gasteiger partial charge is 0.453 e. The van der Waals surface area contributed by atoms with E-state index in [0.29, 0.717) is 12.2 Å². The third kappa shape index (κ3) is 5.07. The van der Waals surface area contributed by atoms with Crippen LogP contribution < -0.4 is 0 Å². The number of esters is 1. The van der Waals surface area contributed by atoms with Crippen molar-refractivity contribution >= 4 is 5.97 Å². The van der Waals surface area contributed by atoms with E-state index in [9.17, 15) is 4.79 Å². The van der Waals surface area contributed by atoms with Crippen molar-refractivity contribution in [3.05, 3.63) is 49.6 Å². The van der Waals surface area contributed by atoms with Gasteiger partial charge in [-0.3, -0.25) is 0 Å². The highest BCUT2D eigenvalue weighted by atomic mass is 16.7. The van der Waals surface area contributed by atoms with Crippen LogP contribution in [0.4, 0.5) is 0 Å². The number of rotatable bonds is 9.